The van der Waals surface area contributed by atoms with Gasteiger partial charge in [0.15, 0.2) is 11.5 Å². The number of phenolic OH excluding ortho intramolecular Hbond substituents is 1. The van der Waals surface area contributed by atoms with Gasteiger partial charge in [0, 0.05) is 17.1 Å². The molecule has 0 aliphatic heterocycles. The lowest BCUT2D eigenvalue weighted by Crippen LogP contribution is -2.18. The number of hydrogen-bond donors (Lipinski definition) is 2. The largest absolute Gasteiger partial charge is 0.504 e. The van der Waals surface area contributed by atoms with Crippen LogP contribution in [0.3, 0.4) is 0 Å². The minimum atomic E-state index is 0.168. The highest BCUT2D eigenvalue weighted by atomic mass is 79.9. The molecule has 2 aromatic rings. The molecule has 0 aliphatic rings. The predicted molar refractivity (Wildman–Crippen MR) is 84.1 cm³/mol. The Hall–Kier alpha value is -1.52. The molecule has 0 radical (unpaired) electrons. The van der Waals surface area contributed by atoms with Crippen LogP contribution in [0.1, 0.15) is 24.1 Å². The average molecular weight is 336 g/mol. The third kappa shape index (κ3) is 3.74. The number of rotatable bonds is 5. The molecule has 0 aromatic heterocycles. The van der Waals surface area contributed by atoms with Gasteiger partial charge in [0.1, 0.15) is 0 Å². The summed E-state index contributed by atoms with van der Waals surface area (Å²) in [5.74, 6) is 0.663. The van der Waals surface area contributed by atoms with Crippen LogP contribution in [0.2, 0.25) is 0 Å². The van der Waals surface area contributed by atoms with Crippen molar-refractivity contribution in [3.05, 3.63) is 58.1 Å². The lowest BCUT2D eigenvalue weighted by atomic mass is 10.1. The summed E-state index contributed by atoms with van der Waals surface area (Å²) in [6.45, 7) is 2.80. The van der Waals surface area contributed by atoms with E-state index in [1.807, 2.05) is 18.2 Å². The van der Waals surface area contributed by atoms with Gasteiger partial charge < -0.3 is 15.2 Å². The van der Waals surface area contributed by atoms with E-state index < -0.39 is 0 Å². The predicted octanol–water partition coefficient (Wildman–Crippen LogP) is 4.01. The first-order valence-electron chi connectivity index (χ1n) is 6.45. The highest BCUT2D eigenvalue weighted by Crippen LogP contribution is 2.26. The number of nitrogens with one attached hydrogen (secondary N) is 1. The first-order valence-corrected chi connectivity index (χ1v) is 7.24. The van der Waals surface area contributed by atoms with E-state index in [2.05, 4.69) is 40.3 Å². The van der Waals surface area contributed by atoms with E-state index in [1.165, 1.54) is 5.56 Å². The zero-order chi connectivity index (χ0) is 14.5. The molecular formula is C16H18BrNO2. The zero-order valence-corrected chi connectivity index (χ0v) is 13.1. The van der Waals surface area contributed by atoms with E-state index in [0.29, 0.717) is 12.3 Å². The van der Waals surface area contributed by atoms with Gasteiger partial charge in [-0.3, -0.25) is 0 Å². The van der Waals surface area contributed by atoms with Gasteiger partial charge in [-0.25, -0.2) is 0 Å². The SMILES string of the molecule is COc1ccc(CNC(C)c2cccc(Br)c2)cc1O. The molecule has 0 fully saturated rings. The van der Waals surface area contributed by atoms with Crippen molar-refractivity contribution in [2.45, 2.75) is 19.5 Å². The van der Waals surface area contributed by atoms with E-state index in [0.717, 1.165) is 10.0 Å². The molecule has 3 nitrogen and oxygen atoms in total. The van der Waals surface area contributed by atoms with Gasteiger partial charge >= 0.3 is 0 Å². The fraction of sp³-hybridized carbons (Fsp3) is 0.250. The number of hydrogen-bond acceptors (Lipinski definition) is 3. The number of aromatic hydroxyl groups is 1. The van der Waals surface area contributed by atoms with Gasteiger partial charge in [-0.1, -0.05) is 34.1 Å². The van der Waals surface area contributed by atoms with Crippen molar-refractivity contribution in [2.24, 2.45) is 0 Å². The molecule has 0 aliphatic carbocycles. The Morgan fingerprint density at radius 1 is 1.25 bits per heavy atom. The fourth-order valence-electron chi connectivity index (χ4n) is 2.01. The maximum absolute atomic E-state index is 9.75. The van der Waals surface area contributed by atoms with Crippen LogP contribution in [-0.2, 0) is 6.54 Å². The fourth-order valence-corrected chi connectivity index (χ4v) is 2.43. The highest BCUT2D eigenvalue weighted by Gasteiger charge is 2.07. The topological polar surface area (TPSA) is 41.5 Å². The highest BCUT2D eigenvalue weighted by molar-refractivity contribution is 9.10. The van der Waals surface area contributed by atoms with Gasteiger partial charge in [-0.05, 0) is 42.3 Å². The van der Waals surface area contributed by atoms with E-state index in [-0.39, 0.29) is 11.8 Å². The van der Waals surface area contributed by atoms with Crippen LogP contribution in [0.25, 0.3) is 0 Å². The van der Waals surface area contributed by atoms with Gasteiger partial charge in [0.25, 0.3) is 0 Å². The summed E-state index contributed by atoms with van der Waals surface area (Å²) in [7, 11) is 1.54. The van der Waals surface area contributed by atoms with Crippen molar-refractivity contribution in [3.63, 3.8) is 0 Å². The standard InChI is InChI=1S/C16H18BrNO2/c1-11(13-4-3-5-14(17)9-13)18-10-12-6-7-16(20-2)15(19)8-12/h3-9,11,18-19H,10H2,1-2H3. The number of phenols is 1. The molecule has 2 N–H and O–H groups in total. The molecular weight excluding hydrogens is 318 g/mol. The van der Waals surface area contributed by atoms with E-state index in [9.17, 15) is 5.11 Å². The Labute approximate surface area is 127 Å². The van der Waals surface area contributed by atoms with Crippen molar-refractivity contribution in [1.82, 2.24) is 5.32 Å². The molecule has 1 unspecified atom stereocenters. The zero-order valence-electron chi connectivity index (χ0n) is 11.6. The molecule has 0 saturated heterocycles. The third-order valence-electron chi connectivity index (χ3n) is 3.20. The van der Waals surface area contributed by atoms with Crippen LogP contribution in [0.15, 0.2) is 46.9 Å². The van der Waals surface area contributed by atoms with Gasteiger partial charge in [0.05, 0.1) is 7.11 Å². The van der Waals surface area contributed by atoms with Crippen molar-refractivity contribution < 1.29 is 9.84 Å². The van der Waals surface area contributed by atoms with Crippen LogP contribution in [0.4, 0.5) is 0 Å². The van der Waals surface area contributed by atoms with Gasteiger partial charge in [-0.15, -0.1) is 0 Å². The maximum Gasteiger partial charge on any atom is 0.160 e. The second-order valence-electron chi connectivity index (χ2n) is 4.66. The molecule has 0 amide bonds. The van der Waals surface area contributed by atoms with E-state index in [1.54, 1.807) is 19.2 Å². The smallest absolute Gasteiger partial charge is 0.160 e. The minimum absolute atomic E-state index is 0.168. The Bertz CT molecular complexity index is 586. The molecule has 2 rings (SSSR count). The number of halogens is 1. The molecule has 0 bridgehead atoms. The summed E-state index contributed by atoms with van der Waals surface area (Å²) in [5, 5.41) is 13.2. The Morgan fingerprint density at radius 2 is 2.05 bits per heavy atom. The van der Waals surface area contributed by atoms with Crippen LogP contribution in [0.5, 0.6) is 11.5 Å². The maximum atomic E-state index is 9.75. The van der Waals surface area contributed by atoms with Crippen molar-refractivity contribution in [3.8, 4) is 11.5 Å². The summed E-state index contributed by atoms with van der Waals surface area (Å²) in [6, 6.07) is 13.9. The molecule has 20 heavy (non-hydrogen) atoms. The van der Waals surface area contributed by atoms with Crippen molar-refractivity contribution >= 4 is 15.9 Å². The molecule has 2 aromatic carbocycles. The Kier molecular flexibility index (Phi) is 5.04. The van der Waals surface area contributed by atoms with Crippen molar-refractivity contribution in [1.29, 1.82) is 0 Å². The summed E-state index contributed by atoms with van der Waals surface area (Å²) >= 11 is 3.48. The van der Waals surface area contributed by atoms with Crippen LogP contribution >= 0.6 is 15.9 Å². The average Bonchev–Trinajstić information content (AvgIpc) is 2.45. The molecule has 0 saturated carbocycles. The summed E-state index contributed by atoms with van der Waals surface area (Å²) in [4.78, 5) is 0. The number of ether oxygens (including phenoxy) is 1. The quantitative estimate of drug-likeness (QED) is 0.867. The third-order valence-corrected chi connectivity index (χ3v) is 3.70. The van der Waals surface area contributed by atoms with Crippen LogP contribution in [-0.4, -0.2) is 12.2 Å². The summed E-state index contributed by atoms with van der Waals surface area (Å²) < 4.78 is 6.11. The molecule has 4 heteroatoms. The molecule has 1 atom stereocenters. The lowest BCUT2D eigenvalue weighted by Gasteiger charge is -2.15. The minimum Gasteiger partial charge on any atom is -0.504 e. The Morgan fingerprint density at radius 3 is 2.70 bits per heavy atom. The van der Waals surface area contributed by atoms with E-state index >= 15 is 0 Å². The van der Waals surface area contributed by atoms with Crippen molar-refractivity contribution in [2.75, 3.05) is 7.11 Å². The molecule has 106 valence electrons. The van der Waals surface area contributed by atoms with Crippen LogP contribution in [0, 0.1) is 0 Å². The second kappa shape index (κ2) is 6.77. The lowest BCUT2D eigenvalue weighted by molar-refractivity contribution is 0.373. The van der Waals surface area contributed by atoms with Gasteiger partial charge in [0.2, 0.25) is 0 Å². The number of methoxy groups -OCH3 is 1. The summed E-state index contributed by atoms with van der Waals surface area (Å²) in [5.41, 5.74) is 2.24. The second-order valence-corrected chi connectivity index (χ2v) is 5.58. The van der Waals surface area contributed by atoms with Gasteiger partial charge in [-0.2, -0.15) is 0 Å². The first kappa shape index (κ1) is 14.9. The van der Waals surface area contributed by atoms with Crippen LogP contribution < -0.4 is 10.1 Å². The Balaban J connectivity index is 1.99. The first-order chi connectivity index (χ1) is 9.60. The number of benzene rings is 2. The molecule has 0 spiro atoms. The monoisotopic (exact) mass is 335 g/mol. The summed E-state index contributed by atoms with van der Waals surface area (Å²) in [6.07, 6.45) is 0. The van der Waals surface area contributed by atoms with E-state index in [4.69, 9.17) is 4.74 Å². The molecule has 0 heterocycles. The normalized spacial score (nSPS) is 12.2.